The zero-order valence-corrected chi connectivity index (χ0v) is 14.1. The summed E-state index contributed by atoms with van der Waals surface area (Å²) in [5, 5.41) is 16.0. The van der Waals surface area contributed by atoms with Crippen LogP contribution < -0.4 is 10.6 Å². The number of phenolic OH excluding ortho intramolecular Hbond substituents is 1. The highest BCUT2D eigenvalue weighted by molar-refractivity contribution is 5.84. The summed E-state index contributed by atoms with van der Waals surface area (Å²) in [6.07, 6.45) is 3.89. The minimum Gasteiger partial charge on any atom is -0.508 e. The summed E-state index contributed by atoms with van der Waals surface area (Å²) in [7, 11) is 1.91. The van der Waals surface area contributed by atoms with Crippen molar-refractivity contribution in [3.05, 3.63) is 30.6 Å². The van der Waals surface area contributed by atoms with Gasteiger partial charge in [-0.25, -0.2) is 4.98 Å². The topological polar surface area (TPSA) is 87.9 Å². The van der Waals surface area contributed by atoms with Crippen molar-refractivity contribution in [2.24, 2.45) is 7.05 Å². The van der Waals surface area contributed by atoms with Gasteiger partial charge in [0.25, 0.3) is 0 Å². The lowest BCUT2D eigenvalue weighted by Gasteiger charge is -2.15. The molecule has 0 radical (unpaired) electrons. The molecule has 0 spiro atoms. The molecule has 0 saturated carbocycles. The van der Waals surface area contributed by atoms with Crippen molar-refractivity contribution in [1.82, 2.24) is 19.5 Å². The molecule has 0 aliphatic carbocycles. The van der Waals surface area contributed by atoms with E-state index in [1.54, 1.807) is 30.6 Å². The van der Waals surface area contributed by atoms with Crippen LogP contribution in [0.1, 0.15) is 26.7 Å². The molecule has 7 heteroatoms. The Bertz CT molecular complexity index is 827. The van der Waals surface area contributed by atoms with E-state index in [0.29, 0.717) is 12.0 Å². The lowest BCUT2D eigenvalue weighted by Crippen LogP contribution is -2.16. The number of imidazole rings is 1. The standard InChI is InChI=1S/C17H22N6O/c1-4-5-11(2)19-15-14-16(23(3)10-18-14)22-17(21-15)20-12-6-8-13(24)9-7-12/h6-11,24H,4-5H2,1-3H3,(H2,19,20,21,22). The van der Waals surface area contributed by atoms with E-state index in [1.165, 1.54) is 0 Å². The van der Waals surface area contributed by atoms with Gasteiger partial charge in [0.1, 0.15) is 5.75 Å². The third-order valence-electron chi connectivity index (χ3n) is 3.79. The summed E-state index contributed by atoms with van der Waals surface area (Å²) in [6, 6.07) is 7.09. The van der Waals surface area contributed by atoms with E-state index in [4.69, 9.17) is 0 Å². The van der Waals surface area contributed by atoms with Crippen LogP contribution in [0.25, 0.3) is 11.2 Å². The fraction of sp³-hybridized carbons (Fsp3) is 0.353. The van der Waals surface area contributed by atoms with Crippen molar-refractivity contribution < 1.29 is 5.11 Å². The molecule has 0 aliphatic rings. The molecule has 126 valence electrons. The summed E-state index contributed by atoms with van der Waals surface area (Å²) >= 11 is 0. The molecule has 3 rings (SSSR count). The Balaban J connectivity index is 1.95. The third kappa shape index (κ3) is 3.40. The molecule has 2 aromatic heterocycles. The fourth-order valence-electron chi connectivity index (χ4n) is 2.58. The highest BCUT2D eigenvalue weighted by atomic mass is 16.3. The first-order valence-electron chi connectivity index (χ1n) is 8.08. The number of rotatable bonds is 6. The van der Waals surface area contributed by atoms with E-state index in [9.17, 15) is 5.11 Å². The molecule has 3 aromatic rings. The summed E-state index contributed by atoms with van der Waals surface area (Å²) in [5.41, 5.74) is 2.33. The zero-order valence-electron chi connectivity index (χ0n) is 14.1. The second-order valence-electron chi connectivity index (χ2n) is 5.93. The molecule has 0 bridgehead atoms. The number of benzene rings is 1. The second kappa shape index (κ2) is 6.74. The number of aromatic nitrogens is 4. The van der Waals surface area contributed by atoms with Gasteiger partial charge in [-0.3, -0.25) is 0 Å². The van der Waals surface area contributed by atoms with E-state index in [1.807, 2.05) is 11.6 Å². The summed E-state index contributed by atoms with van der Waals surface area (Å²) in [5.74, 6) is 1.44. The molecule has 1 unspecified atom stereocenters. The number of anilines is 3. The number of nitrogens with zero attached hydrogens (tertiary/aromatic N) is 4. The van der Waals surface area contributed by atoms with Gasteiger partial charge in [-0.15, -0.1) is 0 Å². The SMILES string of the molecule is CCCC(C)Nc1nc(Nc2ccc(O)cc2)nc2c1ncn2C. The van der Waals surface area contributed by atoms with Crippen LogP contribution in [0.5, 0.6) is 5.75 Å². The predicted octanol–water partition coefficient (Wildman–Crippen LogP) is 3.41. The van der Waals surface area contributed by atoms with E-state index in [-0.39, 0.29) is 5.75 Å². The molecular formula is C17H22N6O. The fourth-order valence-corrected chi connectivity index (χ4v) is 2.58. The van der Waals surface area contributed by atoms with Gasteiger partial charge in [0, 0.05) is 18.8 Å². The van der Waals surface area contributed by atoms with E-state index < -0.39 is 0 Å². The number of hydrogen-bond donors (Lipinski definition) is 3. The van der Waals surface area contributed by atoms with Gasteiger partial charge >= 0.3 is 0 Å². The van der Waals surface area contributed by atoms with E-state index >= 15 is 0 Å². The molecule has 0 aliphatic heterocycles. The van der Waals surface area contributed by atoms with Crippen LogP contribution in [-0.2, 0) is 7.05 Å². The summed E-state index contributed by atoms with van der Waals surface area (Å²) < 4.78 is 1.87. The van der Waals surface area contributed by atoms with Crippen molar-refractivity contribution in [2.45, 2.75) is 32.7 Å². The van der Waals surface area contributed by atoms with Gasteiger partial charge in [-0.1, -0.05) is 13.3 Å². The van der Waals surface area contributed by atoms with Gasteiger partial charge in [0.15, 0.2) is 17.0 Å². The Kier molecular flexibility index (Phi) is 4.50. The third-order valence-corrected chi connectivity index (χ3v) is 3.79. The highest BCUT2D eigenvalue weighted by Gasteiger charge is 2.14. The van der Waals surface area contributed by atoms with Crippen LogP contribution in [0, 0.1) is 0 Å². The summed E-state index contributed by atoms with van der Waals surface area (Å²) in [4.78, 5) is 13.5. The first kappa shape index (κ1) is 16.0. The molecule has 0 amide bonds. The van der Waals surface area contributed by atoms with Crippen LogP contribution in [0.15, 0.2) is 30.6 Å². The monoisotopic (exact) mass is 326 g/mol. The first-order chi connectivity index (χ1) is 11.6. The number of phenols is 1. The van der Waals surface area contributed by atoms with Gasteiger partial charge in [0.05, 0.1) is 6.33 Å². The number of aromatic hydroxyl groups is 1. The van der Waals surface area contributed by atoms with Crippen LogP contribution in [-0.4, -0.2) is 30.7 Å². The number of fused-ring (bicyclic) bond motifs is 1. The van der Waals surface area contributed by atoms with Gasteiger partial charge in [-0.2, -0.15) is 9.97 Å². The quantitative estimate of drug-likeness (QED) is 0.602. The lowest BCUT2D eigenvalue weighted by atomic mass is 10.2. The number of nitrogens with one attached hydrogen (secondary N) is 2. The largest absolute Gasteiger partial charge is 0.508 e. The maximum Gasteiger partial charge on any atom is 0.231 e. The van der Waals surface area contributed by atoms with Crippen LogP contribution >= 0.6 is 0 Å². The van der Waals surface area contributed by atoms with Gasteiger partial charge < -0.3 is 20.3 Å². The van der Waals surface area contributed by atoms with E-state index in [0.717, 1.165) is 35.5 Å². The average molecular weight is 326 g/mol. The van der Waals surface area contributed by atoms with Crippen LogP contribution in [0.3, 0.4) is 0 Å². The molecule has 2 heterocycles. The highest BCUT2D eigenvalue weighted by Crippen LogP contribution is 2.24. The minimum absolute atomic E-state index is 0.222. The molecule has 0 saturated heterocycles. The zero-order chi connectivity index (χ0) is 17.1. The molecule has 1 aromatic carbocycles. The Morgan fingerprint density at radius 2 is 1.96 bits per heavy atom. The Hall–Kier alpha value is -2.83. The average Bonchev–Trinajstić information content (AvgIpc) is 2.92. The molecule has 7 nitrogen and oxygen atoms in total. The lowest BCUT2D eigenvalue weighted by molar-refractivity contribution is 0.475. The predicted molar refractivity (Wildman–Crippen MR) is 95.7 cm³/mol. The van der Waals surface area contributed by atoms with Crippen LogP contribution in [0.4, 0.5) is 17.5 Å². The maximum atomic E-state index is 9.39. The van der Waals surface area contributed by atoms with Crippen molar-refractivity contribution in [1.29, 1.82) is 0 Å². The van der Waals surface area contributed by atoms with E-state index in [2.05, 4.69) is 39.4 Å². The first-order valence-corrected chi connectivity index (χ1v) is 8.08. The molecule has 1 atom stereocenters. The molecule has 24 heavy (non-hydrogen) atoms. The Morgan fingerprint density at radius 3 is 2.67 bits per heavy atom. The van der Waals surface area contributed by atoms with Crippen molar-refractivity contribution in [2.75, 3.05) is 10.6 Å². The Labute approximate surface area is 140 Å². The van der Waals surface area contributed by atoms with Gasteiger partial charge in [0.2, 0.25) is 5.95 Å². The number of aryl methyl sites for hydroxylation is 1. The van der Waals surface area contributed by atoms with Crippen molar-refractivity contribution in [3.8, 4) is 5.75 Å². The molecule has 0 fully saturated rings. The maximum absolute atomic E-state index is 9.39. The second-order valence-corrected chi connectivity index (χ2v) is 5.93. The Morgan fingerprint density at radius 1 is 1.21 bits per heavy atom. The van der Waals surface area contributed by atoms with Gasteiger partial charge in [-0.05, 0) is 37.6 Å². The smallest absolute Gasteiger partial charge is 0.231 e. The molecule has 3 N–H and O–H groups in total. The van der Waals surface area contributed by atoms with Crippen molar-refractivity contribution >= 4 is 28.6 Å². The van der Waals surface area contributed by atoms with Crippen LogP contribution in [0.2, 0.25) is 0 Å². The molecular weight excluding hydrogens is 304 g/mol. The normalized spacial score (nSPS) is 12.3. The van der Waals surface area contributed by atoms with Crippen molar-refractivity contribution in [3.63, 3.8) is 0 Å². The summed E-state index contributed by atoms with van der Waals surface area (Å²) in [6.45, 7) is 4.29. The number of hydrogen-bond acceptors (Lipinski definition) is 6. The minimum atomic E-state index is 0.222.